The second kappa shape index (κ2) is 5.38. The summed E-state index contributed by atoms with van der Waals surface area (Å²) in [5.41, 5.74) is 7.53. The van der Waals surface area contributed by atoms with E-state index in [1.165, 1.54) is 18.2 Å². The van der Waals surface area contributed by atoms with Gasteiger partial charge in [-0.05, 0) is 24.6 Å². The average molecular weight is 266 g/mol. The van der Waals surface area contributed by atoms with Gasteiger partial charge in [-0.25, -0.2) is 4.39 Å². The van der Waals surface area contributed by atoms with Crippen LogP contribution in [0.25, 0.3) is 0 Å². The minimum absolute atomic E-state index is 0.0374. The van der Waals surface area contributed by atoms with Gasteiger partial charge in [0.1, 0.15) is 17.3 Å². The summed E-state index contributed by atoms with van der Waals surface area (Å²) in [5, 5.41) is 0.0374. The molecule has 0 aliphatic carbocycles. The number of hydrogen-bond donors (Lipinski definition) is 1. The Morgan fingerprint density at radius 1 is 1.28 bits per heavy atom. The molecular formula is C14H13ClFNO. The molecule has 0 fully saturated rings. The third-order valence-electron chi connectivity index (χ3n) is 2.62. The van der Waals surface area contributed by atoms with Gasteiger partial charge < -0.3 is 10.5 Å². The number of para-hydroxylation sites is 1. The Bertz CT molecular complexity index is 572. The molecule has 0 bridgehead atoms. The van der Waals surface area contributed by atoms with Gasteiger partial charge in [0.05, 0.1) is 5.02 Å². The van der Waals surface area contributed by atoms with Crippen molar-refractivity contribution in [3.05, 3.63) is 58.4 Å². The maximum atomic E-state index is 13.1. The minimum Gasteiger partial charge on any atom is -0.457 e. The summed E-state index contributed by atoms with van der Waals surface area (Å²) in [6.07, 6.45) is 0. The lowest BCUT2D eigenvalue weighted by Crippen LogP contribution is -2.00. The fourth-order valence-corrected chi connectivity index (χ4v) is 1.85. The predicted octanol–water partition coefficient (Wildman–Crippen LogP) is 4.04. The first-order valence-corrected chi connectivity index (χ1v) is 5.91. The molecule has 2 aromatic rings. The van der Waals surface area contributed by atoms with Crippen molar-refractivity contribution in [3.8, 4) is 11.5 Å². The van der Waals surface area contributed by atoms with Crippen molar-refractivity contribution in [1.82, 2.24) is 0 Å². The number of rotatable bonds is 3. The highest BCUT2D eigenvalue weighted by atomic mass is 35.5. The highest BCUT2D eigenvalue weighted by molar-refractivity contribution is 6.30. The van der Waals surface area contributed by atoms with Crippen LogP contribution in [0.2, 0.25) is 5.02 Å². The van der Waals surface area contributed by atoms with Crippen LogP contribution in [0.15, 0.2) is 36.4 Å². The SMILES string of the molecule is Cc1cccc(CN)c1Oc1ccc(F)c(Cl)c1. The molecule has 94 valence electrons. The summed E-state index contributed by atoms with van der Waals surface area (Å²) in [7, 11) is 0. The molecule has 0 amide bonds. The van der Waals surface area contributed by atoms with Gasteiger partial charge in [-0.15, -0.1) is 0 Å². The molecule has 0 aromatic heterocycles. The molecular weight excluding hydrogens is 253 g/mol. The van der Waals surface area contributed by atoms with Gasteiger partial charge in [-0.3, -0.25) is 0 Å². The molecule has 2 aromatic carbocycles. The minimum atomic E-state index is -0.465. The fourth-order valence-electron chi connectivity index (χ4n) is 1.68. The molecule has 0 heterocycles. The van der Waals surface area contributed by atoms with E-state index in [2.05, 4.69) is 0 Å². The molecule has 2 nitrogen and oxygen atoms in total. The Morgan fingerprint density at radius 2 is 2.06 bits per heavy atom. The zero-order valence-electron chi connectivity index (χ0n) is 9.91. The van der Waals surface area contributed by atoms with Crippen LogP contribution >= 0.6 is 11.6 Å². The van der Waals surface area contributed by atoms with E-state index in [9.17, 15) is 4.39 Å². The van der Waals surface area contributed by atoms with Crippen molar-refractivity contribution >= 4 is 11.6 Å². The van der Waals surface area contributed by atoms with Gasteiger partial charge >= 0.3 is 0 Å². The average Bonchev–Trinajstić information content (AvgIpc) is 2.36. The monoisotopic (exact) mass is 265 g/mol. The number of nitrogens with two attached hydrogens (primary N) is 1. The molecule has 4 heteroatoms. The van der Waals surface area contributed by atoms with Gasteiger partial charge in [0, 0.05) is 18.2 Å². The third kappa shape index (κ3) is 2.63. The van der Waals surface area contributed by atoms with Gasteiger partial charge in [-0.1, -0.05) is 29.8 Å². The molecule has 2 N–H and O–H groups in total. The molecule has 0 aliphatic heterocycles. The van der Waals surface area contributed by atoms with Crippen molar-refractivity contribution in [3.63, 3.8) is 0 Å². The Kier molecular flexibility index (Phi) is 3.84. The molecule has 2 rings (SSSR count). The summed E-state index contributed by atoms with van der Waals surface area (Å²) in [6, 6.07) is 10.0. The van der Waals surface area contributed by atoms with E-state index in [0.717, 1.165) is 11.1 Å². The van der Waals surface area contributed by atoms with Crippen LogP contribution < -0.4 is 10.5 Å². The van der Waals surface area contributed by atoms with Crippen molar-refractivity contribution in [2.75, 3.05) is 0 Å². The van der Waals surface area contributed by atoms with E-state index in [0.29, 0.717) is 18.0 Å². The maximum absolute atomic E-state index is 13.1. The largest absolute Gasteiger partial charge is 0.457 e. The number of benzene rings is 2. The van der Waals surface area contributed by atoms with Crippen LogP contribution in [0.5, 0.6) is 11.5 Å². The van der Waals surface area contributed by atoms with E-state index in [1.807, 2.05) is 25.1 Å². The van der Waals surface area contributed by atoms with Gasteiger partial charge in [0.15, 0.2) is 0 Å². The Morgan fingerprint density at radius 3 is 2.72 bits per heavy atom. The molecule has 0 saturated heterocycles. The summed E-state index contributed by atoms with van der Waals surface area (Å²) >= 11 is 5.71. The lowest BCUT2D eigenvalue weighted by molar-refractivity contribution is 0.471. The van der Waals surface area contributed by atoms with Crippen LogP contribution in [0, 0.1) is 12.7 Å². The zero-order valence-corrected chi connectivity index (χ0v) is 10.7. The van der Waals surface area contributed by atoms with Gasteiger partial charge in [0.25, 0.3) is 0 Å². The fraction of sp³-hybridized carbons (Fsp3) is 0.143. The highest BCUT2D eigenvalue weighted by Gasteiger charge is 2.08. The zero-order chi connectivity index (χ0) is 13.1. The predicted molar refractivity (Wildman–Crippen MR) is 70.6 cm³/mol. The first kappa shape index (κ1) is 12.9. The topological polar surface area (TPSA) is 35.2 Å². The quantitative estimate of drug-likeness (QED) is 0.909. The number of ether oxygens (including phenoxy) is 1. The smallest absolute Gasteiger partial charge is 0.142 e. The molecule has 18 heavy (non-hydrogen) atoms. The van der Waals surface area contributed by atoms with Crippen LogP contribution in [0.3, 0.4) is 0 Å². The first-order valence-electron chi connectivity index (χ1n) is 5.53. The van der Waals surface area contributed by atoms with Crippen molar-refractivity contribution in [2.45, 2.75) is 13.5 Å². The van der Waals surface area contributed by atoms with E-state index in [-0.39, 0.29) is 5.02 Å². The summed E-state index contributed by atoms with van der Waals surface area (Å²) in [6.45, 7) is 2.31. The van der Waals surface area contributed by atoms with E-state index in [4.69, 9.17) is 22.1 Å². The molecule has 0 atom stereocenters. The van der Waals surface area contributed by atoms with Gasteiger partial charge in [0.2, 0.25) is 0 Å². The number of halogens is 2. The Hall–Kier alpha value is -1.58. The van der Waals surface area contributed by atoms with Crippen LogP contribution in [0.1, 0.15) is 11.1 Å². The normalized spacial score (nSPS) is 10.4. The maximum Gasteiger partial charge on any atom is 0.142 e. The van der Waals surface area contributed by atoms with Crippen LogP contribution in [0.4, 0.5) is 4.39 Å². The second-order valence-electron chi connectivity index (χ2n) is 3.95. The van der Waals surface area contributed by atoms with Crippen molar-refractivity contribution < 1.29 is 9.13 Å². The summed E-state index contributed by atoms with van der Waals surface area (Å²) in [5.74, 6) is 0.723. The Labute approximate surface area is 110 Å². The van der Waals surface area contributed by atoms with Crippen LogP contribution in [-0.4, -0.2) is 0 Å². The Balaban J connectivity index is 2.36. The number of aryl methyl sites for hydroxylation is 1. The first-order chi connectivity index (χ1) is 8.61. The van der Waals surface area contributed by atoms with Gasteiger partial charge in [-0.2, -0.15) is 0 Å². The van der Waals surface area contributed by atoms with E-state index < -0.39 is 5.82 Å². The summed E-state index contributed by atoms with van der Waals surface area (Å²) < 4.78 is 18.8. The van der Waals surface area contributed by atoms with Crippen molar-refractivity contribution in [1.29, 1.82) is 0 Å². The van der Waals surface area contributed by atoms with E-state index >= 15 is 0 Å². The second-order valence-corrected chi connectivity index (χ2v) is 4.35. The molecule has 0 saturated carbocycles. The molecule has 0 radical (unpaired) electrons. The third-order valence-corrected chi connectivity index (χ3v) is 2.91. The van der Waals surface area contributed by atoms with Crippen LogP contribution in [-0.2, 0) is 6.54 Å². The standard InChI is InChI=1S/C14H13ClFNO/c1-9-3-2-4-10(8-17)14(9)18-11-5-6-13(16)12(15)7-11/h2-7H,8,17H2,1H3. The molecule has 0 spiro atoms. The van der Waals surface area contributed by atoms with E-state index in [1.54, 1.807) is 0 Å². The lowest BCUT2D eigenvalue weighted by Gasteiger charge is -2.13. The lowest BCUT2D eigenvalue weighted by atomic mass is 10.1. The molecule has 0 unspecified atom stereocenters. The highest BCUT2D eigenvalue weighted by Crippen LogP contribution is 2.30. The molecule has 0 aliphatic rings. The summed E-state index contributed by atoms with van der Waals surface area (Å²) in [4.78, 5) is 0. The van der Waals surface area contributed by atoms with Crippen molar-refractivity contribution in [2.24, 2.45) is 5.73 Å². The number of hydrogen-bond acceptors (Lipinski definition) is 2.